The Morgan fingerprint density at radius 1 is 0.567 bits per heavy atom. The third-order valence-electron chi connectivity index (χ3n) is 6.28. The second kappa shape index (κ2) is 6.97. The van der Waals surface area contributed by atoms with Crippen molar-refractivity contribution in [3.63, 3.8) is 0 Å². The van der Waals surface area contributed by atoms with Crippen LogP contribution in [0.2, 0.25) is 0 Å². The van der Waals surface area contributed by atoms with Crippen LogP contribution in [0.15, 0.2) is 105 Å². The van der Waals surface area contributed by atoms with Crippen molar-refractivity contribution in [3.05, 3.63) is 96.1 Å². The molecular weight excluding hydrogens is 404 g/mol. The van der Waals surface area contributed by atoms with Crippen molar-refractivity contribution in [2.75, 3.05) is 12.5 Å². The Kier molecular flexibility index (Phi) is 4.22. The highest BCUT2D eigenvalue weighted by atomic mass is 32.2. The molecule has 2 unspecified atom stereocenters. The predicted octanol–water partition coefficient (Wildman–Crippen LogP) is 7.46. The molecule has 0 radical (unpaired) electrons. The van der Waals surface area contributed by atoms with E-state index in [-0.39, 0.29) is 21.8 Å². The lowest BCUT2D eigenvalue weighted by Gasteiger charge is -2.30. The fourth-order valence-electron chi connectivity index (χ4n) is 4.68. The molecule has 150 valence electrons. The lowest BCUT2D eigenvalue weighted by Crippen LogP contribution is -2.04. The van der Waals surface area contributed by atoms with Crippen molar-refractivity contribution in [1.29, 1.82) is 0 Å². The minimum Gasteiger partial charge on any atom is -0.455 e. The zero-order valence-electron chi connectivity index (χ0n) is 17.1. The molecule has 0 aromatic heterocycles. The van der Waals surface area contributed by atoms with Crippen molar-refractivity contribution in [3.8, 4) is 22.6 Å². The van der Waals surface area contributed by atoms with Crippen LogP contribution >= 0.6 is 21.8 Å². The van der Waals surface area contributed by atoms with Crippen LogP contribution in [0.5, 0.6) is 11.5 Å². The summed E-state index contributed by atoms with van der Waals surface area (Å²) in [5.41, 5.74) is 5.47. The Morgan fingerprint density at radius 2 is 1.17 bits per heavy atom. The van der Waals surface area contributed by atoms with Gasteiger partial charge in [0.15, 0.2) is 0 Å². The fraction of sp³-hybridized carbons (Fsp3) is 0.111. The van der Waals surface area contributed by atoms with Crippen LogP contribution in [0.3, 0.4) is 0 Å². The summed E-state index contributed by atoms with van der Waals surface area (Å²) in [6, 6.07) is 31.2. The average molecular weight is 429 g/mol. The van der Waals surface area contributed by atoms with E-state index in [1.54, 1.807) is 0 Å². The summed E-state index contributed by atoms with van der Waals surface area (Å²) >= 11 is 0. The first-order chi connectivity index (χ1) is 14.7. The van der Waals surface area contributed by atoms with Gasteiger partial charge in [-0.05, 0) is 93.4 Å². The van der Waals surface area contributed by atoms with E-state index < -0.39 is 0 Å². The maximum Gasteiger partial charge on any atom is 0.140 e. The monoisotopic (exact) mass is 428 g/mol. The highest BCUT2D eigenvalue weighted by Crippen LogP contribution is 2.56. The smallest absolute Gasteiger partial charge is 0.140 e. The van der Waals surface area contributed by atoms with Gasteiger partial charge in [0.2, 0.25) is 0 Å². The first-order valence-electron chi connectivity index (χ1n) is 10.3. The SMILES string of the molecule is C[SH]1c2ccccc2Cc2cc(-c3ccc4c(c3)Oc3ccccc3[SH]4C)ccc21. The molecule has 0 aliphatic carbocycles. The standard InChI is InChI=1S/C27H24OS2/c1-29-24-9-5-3-7-20(24)16-21-15-18(11-13-25(21)29)19-12-14-27-23(17-19)28-22-8-4-6-10-26(22)30(27)2/h3-15,17,29-30H,16H2,1-2H3. The molecule has 2 atom stereocenters. The van der Waals surface area contributed by atoms with Crippen LogP contribution < -0.4 is 4.74 Å². The van der Waals surface area contributed by atoms with Gasteiger partial charge in [-0.25, -0.2) is 10.9 Å². The van der Waals surface area contributed by atoms with Crippen LogP contribution in [0, 0.1) is 0 Å². The molecule has 2 aliphatic heterocycles. The zero-order chi connectivity index (χ0) is 20.2. The second-order valence-electron chi connectivity index (χ2n) is 8.02. The van der Waals surface area contributed by atoms with Gasteiger partial charge in [-0.3, -0.25) is 0 Å². The second-order valence-corrected chi connectivity index (χ2v) is 12.2. The summed E-state index contributed by atoms with van der Waals surface area (Å²) in [5.74, 6) is 2.02. The van der Waals surface area contributed by atoms with E-state index in [9.17, 15) is 0 Å². The van der Waals surface area contributed by atoms with Crippen LogP contribution in [0.4, 0.5) is 0 Å². The molecule has 0 spiro atoms. The Bertz CT molecular complexity index is 1190. The van der Waals surface area contributed by atoms with Crippen LogP contribution in [0.25, 0.3) is 11.1 Å². The van der Waals surface area contributed by atoms with E-state index in [1.165, 1.54) is 41.8 Å². The van der Waals surface area contributed by atoms with Gasteiger partial charge < -0.3 is 4.74 Å². The first kappa shape index (κ1) is 18.2. The van der Waals surface area contributed by atoms with E-state index >= 15 is 0 Å². The van der Waals surface area contributed by atoms with E-state index in [2.05, 4.69) is 97.4 Å². The molecule has 0 saturated heterocycles. The van der Waals surface area contributed by atoms with Gasteiger partial charge in [0.05, 0.1) is 0 Å². The highest BCUT2D eigenvalue weighted by molar-refractivity contribution is 8.17. The van der Waals surface area contributed by atoms with Gasteiger partial charge >= 0.3 is 0 Å². The summed E-state index contributed by atoms with van der Waals surface area (Å²) in [5, 5.41) is 0. The summed E-state index contributed by atoms with van der Waals surface area (Å²) < 4.78 is 6.31. The highest BCUT2D eigenvalue weighted by Gasteiger charge is 2.23. The average Bonchev–Trinajstić information content (AvgIpc) is 2.79. The summed E-state index contributed by atoms with van der Waals surface area (Å²) in [6.07, 6.45) is 5.75. The molecule has 6 rings (SSSR count). The number of benzene rings is 4. The maximum atomic E-state index is 6.31. The predicted molar refractivity (Wildman–Crippen MR) is 131 cm³/mol. The summed E-state index contributed by atoms with van der Waals surface area (Å²) in [6.45, 7) is 0. The quantitative estimate of drug-likeness (QED) is 0.299. The lowest BCUT2D eigenvalue weighted by atomic mass is 9.98. The van der Waals surface area contributed by atoms with E-state index in [0.29, 0.717) is 0 Å². The van der Waals surface area contributed by atoms with E-state index in [1.807, 2.05) is 0 Å². The molecule has 1 nitrogen and oxygen atoms in total. The van der Waals surface area contributed by atoms with Crippen molar-refractivity contribution in [2.45, 2.75) is 26.0 Å². The van der Waals surface area contributed by atoms with Gasteiger partial charge in [-0.15, -0.1) is 0 Å². The lowest BCUT2D eigenvalue weighted by molar-refractivity contribution is 0.454. The molecule has 0 fully saturated rings. The zero-order valence-corrected chi connectivity index (χ0v) is 18.9. The molecule has 0 amide bonds. The number of hydrogen-bond acceptors (Lipinski definition) is 1. The summed E-state index contributed by atoms with van der Waals surface area (Å²) in [4.78, 5) is 5.71. The van der Waals surface area contributed by atoms with Crippen molar-refractivity contribution in [1.82, 2.24) is 0 Å². The number of rotatable bonds is 1. The normalized spacial score (nSPS) is 20.9. The van der Waals surface area contributed by atoms with Gasteiger partial charge in [0.25, 0.3) is 0 Å². The van der Waals surface area contributed by atoms with Gasteiger partial charge in [0.1, 0.15) is 11.5 Å². The maximum absolute atomic E-state index is 6.31. The Morgan fingerprint density at radius 3 is 2.03 bits per heavy atom. The topological polar surface area (TPSA) is 9.23 Å². The number of para-hydroxylation sites is 1. The fourth-order valence-corrected chi connectivity index (χ4v) is 8.46. The van der Waals surface area contributed by atoms with Crippen molar-refractivity contribution >= 4 is 21.8 Å². The number of fused-ring (bicyclic) bond motifs is 4. The Balaban J connectivity index is 1.39. The first-order valence-corrected chi connectivity index (χ1v) is 13.9. The van der Waals surface area contributed by atoms with Crippen LogP contribution in [-0.4, -0.2) is 12.5 Å². The molecule has 0 bridgehead atoms. The minimum absolute atomic E-state index is 0.270. The van der Waals surface area contributed by atoms with E-state index in [4.69, 9.17) is 4.74 Å². The largest absolute Gasteiger partial charge is 0.455 e. The number of thiol groups is 2. The molecule has 0 saturated carbocycles. The Hall–Kier alpha value is -2.62. The number of ether oxygens (including phenoxy) is 1. The molecule has 2 aliphatic rings. The molecular formula is C27H24OS2. The van der Waals surface area contributed by atoms with Crippen molar-refractivity contribution < 1.29 is 4.74 Å². The number of hydrogen-bond donors (Lipinski definition) is 2. The molecule has 2 heterocycles. The summed E-state index contributed by atoms with van der Waals surface area (Å²) in [7, 11) is -0.640. The third kappa shape index (κ3) is 2.80. The molecule has 4 aromatic rings. The van der Waals surface area contributed by atoms with Crippen molar-refractivity contribution in [2.24, 2.45) is 0 Å². The molecule has 30 heavy (non-hydrogen) atoms. The molecule has 0 N–H and O–H groups in total. The Labute approximate surface area is 183 Å². The third-order valence-corrected chi connectivity index (χ3v) is 10.8. The molecule has 4 aromatic carbocycles. The van der Waals surface area contributed by atoms with Gasteiger partial charge in [-0.2, -0.15) is 10.9 Å². The van der Waals surface area contributed by atoms with Crippen LogP contribution in [0.1, 0.15) is 11.1 Å². The molecule has 3 heteroatoms. The van der Waals surface area contributed by atoms with Gasteiger partial charge in [-0.1, -0.05) is 42.5 Å². The van der Waals surface area contributed by atoms with Crippen LogP contribution in [-0.2, 0) is 6.42 Å². The van der Waals surface area contributed by atoms with E-state index in [0.717, 1.165) is 17.9 Å². The minimum atomic E-state index is -0.370. The van der Waals surface area contributed by atoms with Gasteiger partial charge in [0, 0.05) is 9.79 Å².